The monoisotopic (exact) mass is 221 g/mol. The second-order valence-corrected chi connectivity index (χ2v) is 2.75. The zero-order chi connectivity index (χ0) is 11.3. The molecule has 1 heterocycles. The van der Waals surface area contributed by atoms with Gasteiger partial charge in [-0.3, -0.25) is 4.98 Å². The normalized spacial score (nSPS) is 11.5. The van der Waals surface area contributed by atoms with E-state index in [-0.39, 0.29) is 6.61 Å². The predicted molar refractivity (Wildman–Crippen MR) is 47.3 cm³/mol. The zero-order valence-corrected chi connectivity index (χ0v) is 8.01. The molecule has 84 valence electrons. The van der Waals surface area contributed by atoms with Crippen LogP contribution in [0.2, 0.25) is 0 Å². The molecule has 0 amide bonds. The van der Waals surface area contributed by atoms with Crippen LogP contribution in [0.5, 0.6) is 0 Å². The van der Waals surface area contributed by atoms with Crippen molar-refractivity contribution in [2.75, 3.05) is 19.0 Å². The fourth-order valence-electron chi connectivity index (χ4n) is 0.830. The molecule has 0 bridgehead atoms. The lowest BCUT2D eigenvalue weighted by atomic mass is 10.5. The van der Waals surface area contributed by atoms with Crippen LogP contribution in [0.25, 0.3) is 0 Å². The number of nitrogens with one attached hydrogen (secondary N) is 1. The van der Waals surface area contributed by atoms with E-state index in [1.54, 1.807) is 7.05 Å². The molecule has 1 rings (SSSR count). The van der Waals surface area contributed by atoms with Crippen molar-refractivity contribution in [3.05, 3.63) is 18.1 Å². The van der Waals surface area contributed by atoms with Gasteiger partial charge in [0.15, 0.2) is 0 Å². The van der Waals surface area contributed by atoms with Crippen LogP contribution in [-0.2, 0) is 11.3 Å². The Labute approximate surface area is 84.5 Å². The molecule has 0 saturated carbocycles. The molecule has 0 aliphatic rings. The number of alkyl halides is 3. The maximum atomic E-state index is 11.7. The average Bonchev–Trinajstić information content (AvgIpc) is 2.17. The smallest absolute Gasteiger partial charge is 0.372 e. The van der Waals surface area contributed by atoms with Crippen molar-refractivity contribution in [3.8, 4) is 0 Å². The summed E-state index contributed by atoms with van der Waals surface area (Å²) in [6, 6.07) is 0. The summed E-state index contributed by atoms with van der Waals surface area (Å²) in [6.07, 6.45) is -1.52. The number of ether oxygens (including phenoxy) is 1. The van der Waals surface area contributed by atoms with E-state index in [0.717, 1.165) is 0 Å². The van der Waals surface area contributed by atoms with Crippen molar-refractivity contribution in [2.45, 2.75) is 12.8 Å². The zero-order valence-electron chi connectivity index (χ0n) is 8.01. The Kier molecular flexibility index (Phi) is 3.84. The first-order valence-corrected chi connectivity index (χ1v) is 4.14. The number of aromatic nitrogens is 2. The molecular formula is C8H10F3N3O. The van der Waals surface area contributed by atoms with Crippen LogP contribution >= 0.6 is 0 Å². The second kappa shape index (κ2) is 4.92. The highest BCUT2D eigenvalue weighted by atomic mass is 19.4. The summed E-state index contributed by atoms with van der Waals surface area (Å²) in [5.74, 6) is 0.551. The van der Waals surface area contributed by atoms with Gasteiger partial charge < -0.3 is 10.1 Å². The molecule has 15 heavy (non-hydrogen) atoms. The highest BCUT2D eigenvalue weighted by molar-refractivity contribution is 5.29. The molecule has 0 aliphatic carbocycles. The Bertz CT molecular complexity index is 299. The van der Waals surface area contributed by atoms with Crippen molar-refractivity contribution in [1.82, 2.24) is 9.97 Å². The quantitative estimate of drug-likeness (QED) is 0.838. The van der Waals surface area contributed by atoms with Crippen molar-refractivity contribution in [1.29, 1.82) is 0 Å². The molecule has 7 heteroatoms. The molecule has 0 radical (unpaired) electrons. The second-order valence-electron chi connectivity index (χ2n) is 2.75. The van der Waals surface area contributed by atoms with E-state index in [4.69, 9.17) is 0 Å². The van der Waals surface area contributed by atoms with Gasteiger partial charge in [0.25, 0.3) is 0 Å². The minimum Gasteiger partial charge on any atom is -0.372 e. The molecule has 0 atom stereocenters. The molecule has 0 fully saturated rings. The lowest BCUT2D eigenvalue weighted by Gasteiger charge is -2.07. The summed E-state index contributed by atoms with van der Waals surface area (Å²) in [5, 5.41) is 2.74. The Balaban J connectivity index is 2.38. The van der Waals surface area contributed by atoms with E-state index in [0.29, 0.717) is 11.5 Å². The molecule has 0 spiro atoms. The van der Waals surface area contributed by atoms with Gasteiger partial charge in [-0.15, -0.1) is 0 Å². The summed E-state index contributed by atoms with van der Waals surface area (Å²) < 4.78 is 39.5. The van der Waals surface area contributed by atoms with Crippen LogP contribution in [0.3, 0.4) is 0 Å². The number of hydrogen-bond donors (Lipinski definition) is 1. The summed E-state index contributed by atoms with van der Waals surface area (Å²) in [6.45, 7) is -1.47. The van der Waals surface area contributed by atoms with Gasteiger partial charge in [0.1, 0.15) is 12.4 Å². The van der Waals surface area contributed by atoms with Crippen LogP contribution in [0.1, 0.15) is 5.69 Å². The first-order chi connectivity index (χ1) is 7.01. The van der Waals surface area contributed by atoms with Crippen LogP contribution in [0.4, 0.5) is 19.0 Å². The Morgan fingerprint density at radius 1 is 1.33 bits per heavy atom. The number of rotatable bonds is 4. The van der Waals surface area contributed by atoms with Gasteiger partial charge in [0.2, 0.25) is 0 Å². The fourth-order valence-corrected chi connectivity index (χ4v) is 0.830. The van der Waals surface area contributed by atoms with E-state index in [1.165, 1.54) is 12.4 Å². The van der Waals surface area contributed by atoms with Crippen LogP contribution in [0.15, 0.2) is 12.4 Å². The van der Waals surface area contributed by atoms with Gasteiger partial charge >= 0.3 is 6.18 Å². The summed E-state index contributed by atoms with van der Waals surface area (Å²) in [5.41, 5.74) is 0.359. The minimum absolute atomic E-state index is 0.198. The molecule has 4 nitrogen and oxygen atoms in total. The fraction of sp³-hybridized carbons (Fsp3) is 0.500. The first kappa shape index (κ1) is 11.7. The number of hydrogen-bond acceptors (Lipinski definition) is 4. The van der Waals surface area contributed by atoms with Gasteiger partial charge in [0, 0.05) is 7.05 Å². The lowest BCUT2D eigenvalue weighted by Crippen LogP contribution is -2.17. The molecule has 0 unspecified atom stereocenters. The lowest BCUT2D eigenvalue weighted by molar-refractivity contribution is -0.176. The largest absolute Gasteiger partial charge is 0.411 e. The summed E-state index contributed by atoms with van der Waals surface area (Å²) in [7, 11) is 1.67. The van der Waals surface area contributed by atoms with Gasteiger partial charge in [0.05, 0.1) is 24.7 Å². The number of nitrogens with zero attached hydrogens (tertiary/aromatic N) is 2. The Morgan fingerprint density at radius 3 is 2.53 bits per heavy atom. The highest BCUT2D eigenvalue weighted by Gasteiger charge is 2.27. The van der Waals surface area contributed by atoms with Gasteiger partial charge in [-0.1, -0.05) is 0 Å². The van der Waals surface area contributed by atoms with E-state index in [2.05, 4.69) is 20.0 Å². The molecule has 0 aliphatic heterocycles. The maximum Gasteiger partial charge on any atom is 0.411 e. The first-order valence-electron chi connectivity index (χ1n) is 4.14. The van der Waals surface area contributed by atoms with Gasteiger partial charge in [-0.2, -0.15) is 13.2 Å². The van der Waals surface area contributed by atoms with Crippen molar-refractivity contribution >= 4 is 5.82 Å². The minimum atomic E-state index is -4.31. The summed E-state index contributed by atoms with van der Waals surface area (Å²) >= 11 is 0. The maximum absolute atomic E-state index is 11.7. The Hall–Kier alpha value is -1.37. The van der Waals surface area contributed by atoms with Gasteiger partial charge in [-0.05, 0) is 0 Å². The van der Waals surface area contributed by atoms with E-state index < -0.39 is 12.8 Å². The van der Waals surface area contributed by atoms with Crippen molar-refractivity contribution in [2.24, 2.45) is 0 Å². The molecule has 1 aromatic heterocycles. The third-order valence-corrected chi connectivity index (χ3v) is 1.48. The molecular weight excluding hydrogens is 211 g/mol. The van der Waals surface area contributed by atoms with E-state index in [9.17, 15) is 13.2 Å². The van der Waals surface area contributed by atoms with E-state index in [1.807, 2.05) is 0 Å². The molecule has 0 saturated heterocycles. The van der Waals surface area contributed by atoms with Gasteiger partial charge in [-0.25, -0.2) is 4.98 Å². The predicted octanol–water partition coefficient (Wildman–Crippen LogP) is 1.60. The van der Waals surface area contributed by atoms with Crippen LogP contribution in [-0.4, -0.2) is 29.8 Å². The molecule has 1 aromatic rings. The number of anilines is 1. The Morgan fingerprint density at radius 2 is 2.07 bits per heavy atom. The van der Waals surface area contributed by atoms with Crippen LogP contribution in [0, 0.1) is 0 Å². The number of halogens is 3. The molecule has 0 aromatic carbocycles. The highest BCUT2D eigenvalue weighted by Crippen LogP contribution is 2.15. The molecule has 1 N–H and O–H groups in total. The SMILES string of the molecule is CNc1cnc(COCC(F)(F)F)cn1. The van der Waals surface area contributed by atoms with Crippen molar-refractivity contribution < 1.29 is 17.9 Å². The standard InChI is InChI=1S/C8H10F3N3O/c1-12-7-3-13-6(2-14-7)4-15-5-8(9,10)11/h2-3H,4-5H2,1H3,(H,12,14). The topological polar surface area (TPSA) is 47.0 Å². The average molecular weight is 221 g/mol. The third-order valence-electron chi connectivity index (χ3n) is 1.48. The van der Waals surface area contributed by atoms with Crippen LogP contribution < -0.4 is 5.32 Å². The summed E-state index contributed by atoms with van der Waals surface area (Å²) in [4.78, 5) is 7.73. The van der Waals surface area contributed by atoms with Crippen molar-refractivity contribution in [3.63, 3.8) is 0 Å². The third kappa shape index (κ3) is 4.59. The van der Waals surface area contributed by atoms with E-state index >= 15 is 0 Å².